The van der Waals surface area contributed by atoms with E-state index >= 15 is 0 Å². The van der Waals surface area contributed by atoms with E-state index < -0.39 is 11.6 Å². The van der Waals surface area contributed by atoms with Crippen molar-refractivity contribution in [2.75, 3.05) is 0 Å². The second kappa shape index (κ2) is 5.03. The molecule has 0 aliphatic heterocycles. The second-order valence-corrected chi connectivity index (χ2v) is 3.86. The first kappa shape index (κ1) is 11.9. The molecule has 3 heteroatoms. The van der Waals surface area contributed by atoms with Gasteiger partial charge in [-0.15, -0.1) is 6.58 Å². The monoisotopic (exact) mass is 211 g/mol. The van der Waals surface area contributed by atoms with Crippen LogP contribution in [0.4, 0.5) is 8.78 Å². The lowest BCUT2D eigenvalue weighted by Gasteiger charge is -2.11. The Bertz CT molecular complexity index is 361. The molecule has 0 heterocycles. The van der Waals surface area contributed by atoms with Gasteiger partial charge in [0.1, 0.15) is 11.6 Å². The standard InChI is InChI=1S/C12H15F2N/c1-8(2)5-11(15)6-9-3-4-10(13)7-12(9)14/h3-4,7,11H,1,5-6,15H2,2H3. The molecule has 0 aromatic heterocycles. The third-order valence-corrected chi connectivity index (χ3v) is 2.11. The quantitative estimate of drug-likeness (QED) is 0.761. The van der Waals surface area contributed by atoms with Crippen LogP contribution in [0.3, 0.4) is 0 Å². The van der Waals surface area contributed by atoms with Gasteiger partial charge in [-0.1, -0.05) is 11.6 Å². The van der Waals surface area contributed by atoms with Crippen molar-refractivity contribution in [3.05, 3.63) is 47.5 Å². The second-order valence-electron chi connectivity index (χ2n) is 3.86. The lowest BCUT2D eigenvalue weighted by Crippen LogP contribution is -2.23. The summed E-state index contributed by atoms with van der Waals surface area (Å²) in [4.78, 5) is 0. The van der Waals surface area contributed by atoms with Crippen molar-refractivity contribution in [2.24, 2.45) is 5.73 Å². The highest BCUT2D eigenvalue weighted by Gasteiger charge is 2.09. The van der Waals surface area contributed by atoms with E-state index in [9.17, 15) is 8.78 Å². The highest BCUT2D eigenvalue weighted by molar-refractivity contribution is 5.19. The van der Waals surface area contributed by atoms with Crippen molar-refractivity contribution < 1.29 is 8.78 Å². The van der Waals surface area contributed by atoms with Crippen LogP contribution in [-0.4, -0.2) is 6.04 Å². The number of halogens is 2. The van der Waals surface area contributed by atoms with Gasteiger partial charge in [0.25, 0.3) is 0 Å². The Morgan fingerprint density at radius 2 is 2.13 bits per heavy atom. The van der Waals surface area contributed by atoms with E-state index in [1.165, 1.54) is 12.1 Å². The lowest BCUT2D eigenvalue weighted by molar-refractivity contribution is 0.558. The molecule has 0 bridgehead atoms. The molecule has 0 spiro atoms. The average molecular weight is 211 g/mol. The number of rotatable bonds is 4. The summed E-state index contributed by atoms with van der Waals surface area (Å²) in [5, 5.41) is 0. The number of nitrogens with two attached hydrogens (primary N) is 1. The zero-order valence-electron chi connectivity index (χ0n) is 8.76. The van der Waals surface area contributed by atoms with Gasteiger partial charge in [0.2, 0.25) is 0 Å². The highest BCUT2D eigenvalue weighted by atomic mass is 19.1. The molecule has 15 heavy (non-hydrogen) atoms. The van der Waals surface area contributed by atoms with Gasteiger partial charge >= 0.3 is 0 Å². The van der Waals surface area contributed by atoms with E-state index in [1.54, 1.807) is 0 Å². The first-order chi connectivity index (χ1) is 6.99. The van der Waals surface area contributed by atoms with Gasteiger partial charge in [-0.25, -0.2) is 8.78 Å². The average Bonchev–Trinajstić information content (AvgIpc) is 2.08. The summed E-state index contributed by atoms with van der Waals surface area (Å²) >= 11 is 0. The molecule has 1 aromatic rings. The van der Waals surface area contributed by atoms with E-state index in [1.807, 2.05) is 6.92 Å². The molecule has 1 rings (SSSR count). The van der Waals surface area contributed by atoms with Crippen molar-refractivity contribution in [1.29, 1.82) is 0 Å². The highest BCUT2D eigenvalue weighted by Crippen LogP contribution is 2.13. The first-order valence-corrected chi connectivity index (χ1v) is 4.83. The van der Waals surface area contributed by atoms with Gasteiger partial charge in [0.05, 0.1) is 0 Å². The van der Waals surface area contributed by atoms with Crippen LogP contribution in [0.1, 0.15) is 18.9 Å². The van der Waals surface area contributed by atoms with Gasteiger partial charge < -0.3 is 5.73 Å². The van der Waals surface area contributed by atoms with Crippen molar-refractivity contribution in [3.8, 4) is 0 Å². The normalized spacial score (nSPS) is 12.5. The van der Waals surface area contributed by atoms with Crippen molar-refractivity contribution in [1.82, 2.24) is 0 Å². The van der Waals surface area contributed by atoms with E-state index in [0.29, 0.717) is 18.4 Å². The van der Waals surface area contributed by atoms with Crippen LogP contribution in [0.5, 0.6) is 0 Å². The summed E-state index contributed by atoms with van der Waals surface area (Å²) in [6.07, 6.45) is 1.05. The Kier molecular flexibility index (Phi) is 3.97. The van der Waals surface area contributed by atoms with E-state index in [2.05, 4.69) is 6.58 Å². The van der Waals surface area contributed by atoms with Crippen molar-refractivity contribution in [2.45, 2.75) is 25.8 Å². The van der Waals surface area contributed by atoms with Crippen LogP contribution in [0, 0.1) is 11.6 Å². The van der Waals surface area contributed by atoms with Gasteiger partial charge in [0, 0.05) is 12.1 Å². The fourth-order valence-electron chi connectivity index (χ4n) is 1.49. The Balaban J connectivity index is 2.68. The van der Waals surface area contributed by atoms with Gasteiger partial charge in [0.15, 0.2) is 0 Å². The third kappa shape index (κ3) is 3.80. The molecule has 1 aromatic carbocycles. The molecule has 0 aliphatic carbocycles. The summed E-state index contributed by atoms with van der Waals surface area (Å²) in [5.41, 5.74) is 7.20. The summed E-state index contributed by atoms with van der Waals surface area (Å²) in [7, 11) is 0. The van der Waals surface area contributed by atoms with E-state index in [4.69, 9.17) is 5.73 Å². The fourth-order valence-corrected chi connectivity index (χ4v) is 1.49. The van der Waals surface area contributed by atoms with Crippen molar-refractivity contribution in [3.63, 3.8) is 0 Å². The molecule has 0 radical (unpaired) electrons. The Morgan fingerprint density at radius 3 is 2.67 bits per heavy atom. The van der Waals surface area contributed by atoms with Crippen LogP contribution >= 0.6 is 0 Å². The van der Waals surface area contributed by atoms with Crippen LogP contribution < -0.4 is 5.73 Å². The largest absolute Gasteiger partial charge is 0.327 e. The Labute approximate surface area is 88.6 Å². The smallest absolute Gasteiger partial charge is 0.129 e. The minimum Gasteiger partial charge on any atom is -0.327 e. The minimum atomic E-state index is -0.565. The van der Waals surface area contributed by atoms with Gasteiger partial charge in [-0.3, -0.25) is 0 Å². The maximum absolute atomic E-state index is 13.2. The zero-order chi connectivity index (χ0) is 11.4. The predicted molar refractivity (Wildman–Crippen MR) is 57.5 cm³/mol. The molecule has 0 aliphatic rings. The zero-order valence-corrected chi connectivity index (χ0v) is 8.76. The van der Waals surface area contributed by atoms with Crippen LogP contribution in [0.2, 0.25) is 0 Å². The molecule has 0 saturated heterocycles. The fraction of sp³-hybridized carbons (Fsp3) is 0.333. The minimum absolute atomic E-state index is 0.164. The maximum atomic E-state index is 13.2. The van der Waals surface area contributed by atoms with E-state index in [0.717, 1.165) is 11.6 Å². The van der Waals surface area contributed by atoms with E-state index in [-0.39, 0.29) is 6.04 Å². The van der Waals surface area contributed by atoms with Crippen LogP contribution in [-0.2, 0) is 6.42 Å². The Hall–Kier alpha value is -1.22. The first-order valence-electron chi connectivity index (χ1n) is 4.83. The number of benzene rings is 1. The maximum Gasteiger partial charge on any atom is 0.129 e. The molecule has 0 saturated carbocycles. The summed E-state index contributed by atoms with van der Waals surface area (Å²) in [5.74, 6) is -1.10. The molecule has 1 unspecified atom stereocenters. The van der Waals surface area contributed by atoms with Crippen LogP contribution in [0.25, 0.3) is 0 Å². The summed E-state index contributed by atoms with van der Waals surface area (Å²) < 4.78 is 25.8. The topological polar surface area (TPSA) is 26.0 Å². The van der Waals surface area contributed by atoms with Gasteiger partial charge in [-0.2, -0.15) is 0 Å². The lowest BCUT2D eigenvalue weighted by atomic mass is 10.0. The van der Waals surface area contributed by atoms with Gasteiger partial charge in [-0.05, 0) is 31.4 Å². The predicted octanol–water partition coefficient (Wildman–Crippen LogP) is 2.80. The number of hydrogen-bond donors (Lipinski definition) is 1. The molecule has 82 valence electrons. The molecule has 2 N–H and O–H groups in total. The molecule has 0 amide bonds. The summed E-state index contributed by atoms with van der Waals surface area (Å²) in [6.45, 7) is 5.62. The SMILES string of the molecule is C=C(C)CC(N)Cc1ccc(F)cc1F. The van der Waals surface area contributed by atoms with Crippen LogP contribution in [0.15, 0.2) is 30.4 Å². The molecular formula is C12H15F2N. The number of hydrogen-bond acceptors (Lipinski definition) is 1. The molecule has 1 nitrogen and oxygen atoms in total. The Morgan fingerprint density at radius 1 is 1.47 bits per heavy atom. The third-order valence-electron chi connectivity index (χ3n) is 2.11. The summed E-state index contributed by atoms with van der Waals surface area (Å²) in [6, 6.07) is 3.39. The molecular weight excluding hydrogens is 196 g/mol. The van der Waals surface area contributed by atoms with Crippen molar-refractivity contribution >= 4 is 0 Å². The molecule has 1 atom stereocenters. The molecule has 0 fully saturated rings.